The van der Waals surface area contributed by atoms with Crippen LogP contribution < -0.4 is 27.2 Å². The summed E-state index contributed by atoms with van der Waals surface area (Å²) in [5.41, 5.74) is 5.71. The topological polar surface area (TPSA) is 244 Å². The second-order valence-corrected chi connectivity index (χ2v) is 26.1. The van der Waals surface area contributed by atoms with Crippen molar-refractivity contribution in [2.45, 2.75) is 158 Å². The summed E-state index contributed by atoms with van der Waals surface area (Å²) >= 11 is 0. The number of nitrogens with one attached hydrogen (secondary N) is 4. The molecular weight excluding hydrogens is 1320 g/mol. The number of H-pyrrole nitrogens is 1. The van der Waals surface area contributed by atoms with Crippen LogP contribution in [0.2, 0.25) is 0 Å². The van der Waals surface area contributed by atoms with Crippen molar-refractivity contribution < 1.29 is 66.5 Å². The highest BCUT2D eigenvalue weighted by Gasteiger charge is 2.52. The molecule has 542 valence electrons. The van der Waals surface area contributed by atoms with Crippen LogP contribution in [0.3, 0.4) is 0 Å². The lowest BCUT2D eigenvalue weighted by Gasteiger charge is -2.47. The molecule has 3 saturated heterocycles. The van der Waals surface area contributed by atoms with Crippen molar-refractivity contribution in [1.29, 1.82) is 0 Å². The van der Waals surface area contributed by atoms with Gasteiger partial charge in [0.25, 0.3) is 5.56 Å². The van der Waals surface area contributed by atoms with Gasteiger partial charge in [0, 0.05) is 32.3 Å². The molecule has 0 radical (unpaired) electrons. The number of aromatic nitrogens is 2. The molecule has 3 aliphatic heterocycles. The van der Waals surface area contributed by atoms with Gasteiger partial charge in [0.2, 0.25) is 17.7 Å². The Bertz CT molecular complexity index is 4170. The van der Waals surface area contributed by atoms with Gasteiger partial charge in [0.05, 0.1) is 90.6 Å². The quantitative estimate of drug-likeness (QED) is 0.0289. The van der Waals surface area contributed by atoms with E-state index in [0.29, 0.717) is 0 Å². The van der Waals surface area contributed by atoms with Crippen LogP contribution in [0, 0.1) is 0 Å². The maximum absolute atomic E-state index is 15.2. The van der Waals surface area contributed by atoms with E-state index in [1.807, 2.05) is 243 Å². The molecule has 21 nitrogen and oxygen atoms in total. The third-order valence-electron chi connectivity index (χ3n) is 18.5. The first-order chi connectivity index (χ1) is 51.0. The zero-order chi connectivity index (χ0) is 71.7. The summed E-state index contributed by atoms with van der Waals surface area (Å²) in [6, 6.07) is 77.6. The fraction of sp³-hybridized carbons (Fsp3) is 0.337. The zero-order valence-electron chi connectivity index (χ0n) is 58.0. The lowest BCUT2D eigenvalue weighted by atomic mass is 9.90. The van der Waals surface area contributed by atoms with Gasteiger partial charge in [-0.15, -0.1) is 0 Å². The average Bonchev–Trinajstić information content (AvgIpc) is 1.47. The van der Waals surface area contributed by atoms with Crippen molar-refractivity contribution in [3.05, 3.63) is 320 Å². The molecule has 4 heterocycles. The molecule has 8 aromatic carbocycles. The highest BCUT2D eigenvalue weighted by Crippen LogP contribution is 2.37. The summed E-state index contributed by atoms with van der Waals surface area (Å²) in [6.07, 6.45) is -11.4. The fourth-order valence-corrected chi connectivity index (χ4v) is 13.3. The molecule has 104 heavy (non-hydrogen) atoms. The van der Waals surface area contributed by atoms with Crippen LogP contribution in [0.5, 0.6) is 0 Å². The predicted molar refractivity (Wildman–Crippen MR) is 387 cm³/mol. The van der Waals surface area contributed by atoms with Crippen LogP contribution in [0.1, 0.15) is 70.5 Å². The Morgan fingerprint density at radius 3 is 1.08 bits per heavy atom. The van der Waals surface area contributed by atoms with Gasteiger partial charge in [-0.05, 0) is 44.5 Å². The van der Waals surface area contributed by atoms with E-state index in [1.54, 1.807) is 0 Å². The molecule has 0 aliphatic carbocycles. The molecule has 9 aromatic rings. The molecule has 0 bridgehead atoms. The van der Waals surface area contributed by atoms with Gasteiger partial charge < -0.3 is 68.1 Å². The summed E-state index contributed by atoms with van der Waals surface area (Å²) in [4.78, 5) is 72.3. The monoisotopic (exact) mass is 1410 g/mol. The van der Waals surface area contributed by atoms with E-state index >= 15 is 9.59 Å². The number of hydrogen-bond acceptors (Lipinski definition) is 16. The number of rotatable bonds is 35. The lowest BCUT2D eigenvalue weighted by molar-refractivity contribution is -0.263. The molecule has 0 saturated carbocycles. The molecule has 3 fully saturated rings. The maximum atomic E-state index is 15.2. The third-order valence-corrected chi connectivity index (χ3v) is 18.5. The smallest absolute Gasteiger partial charge is 0.330 e. The summed E-state index contributed by atoms with van der Waals surface area (Å²) in [5.74, 6) is -1.30. The standard InChI is InChI=1S/C83H89N5O16/c1-57(89)86-74-66(102-70(56-94-48-58-26-10-2-11-27-58)78(98-52-62-34-18-6-19-35-62)79(74)99-53-63-36-20-7-21-37-63)44-72(91)84-46-68-76(96-50-60-30-14-4-15-31-60)80(100-54-64-38-22-8-23-39-64)75(95-49-59-28-12-3-13-29-59)67(103-68)45-73(92)85-47-69-77(97-51-61-32-16-5-17-33-61)81(101-55-65-40-24-9-25-41-65)82(104-69)88-43-42-71(90)87-83(88)93/h2-43,66-70,74-82H,44-56H2,1H3,(H,84,91)(H,85,92)(H,86,89)(H,87,90,93)/t66-,67-,68-,69-,70-,74+,75+,76-,77-,78-,79-,80-,81-,82-/m1/s1. The fourth-order valence-electron chi connectivity index (χ4n) is 13.3. The highest BCUT2D eigenvalue weighted by molar-refractivity contribution is 5.78. The lowest BCUT2D eigenvalue weighted by Crippen LogP contribution is -2.66. The first-order valence-electron chi connectivity index (χ1n) is 35.3. The highest BCUT2D eigenvalue weighted by atomic mass is 16.6. The molecule has 0 spiro atoms. The van der Waals surface area contributed by atoms with Gasteiger partial charge in [0.15, 0.2) is 6.23 Å². The van der Waals surface area contributed by atoms with Crippen molar-refractivity contribution in [3.8, 4) is 0 Å². The number of benzene rings is 8. The van der Waals surface area contributed by atoms with Gasteiger partial charge in [0.1, 0.15) is 61.0 Å². The van der Waals surface area contributed by atoms with Crippen molar-refractivity contribution in [3.63, 3.8) is 0 Å². The van der Waals surface area contributed by atoms with Crippen molar-refractivity contribution in [2.75, 3.05) is 19.7 Å². The van der Waals surface area contributed by atoms with E-state index in [2.05, 4.69) is 20.9 Å². The minimum absolute atomic E-state index is 0.0479. The maximum Gasteiger partial charge on any atom is 0.330 e. The number of nitrogens with zero attached hydrogens (tertiary/aromatic N) is 1. The second-order valence-electron chi connectivity index (χ2n) is 26.1. The van der Waals surface area contributed by atoms with E-state index in [-0.39, 0.29) is 91.3 Å². The summed E-state index contributed by atoms with van der Waals surface area (Å²) in [6.45, 7) is 2.35. The van der Waals surface area contributed by atoms with Crippen LogP contribution in [0.25, 0.3) is 0 Å². The predicted octanol–water partition coefficient (Wildman–Crippen LogP) is 9.80. The summed E-state index contributed by atoms with van der Waals surface area (Å²) in [7, 11) is 0. The minimum Gasteiger partial charge on any atom is -0.374 e. The molecule has 14 atom stereocenters. The van der Waals surface area contributed by atoms with E-state index in [1.165, 1.54) is 23.8 Å². The SMILES string of the molecule is CC(=O)N[C@@H]1[C@@H](OCc2ccccc2)[C@H](OCc2ccccc2)[C@@H](COCc2ccccc2)O[C@@H]1CC(=O)NC[C@H]1O[C@H](CC(=O)NC[C@H]2O[C@@H](n3ccc(=O)[nH]c3=O)[C@H](OCc3ccccc3)[C@@H]2OCc2ccccc2)[C@H](OCc2ccccc2)[C@@H](OCc2ccccc2)[C@@H]1OCc1ccccc1. The first-order valence-corrected chi connectivity index (χ1v) is 35.3. The Labute approximate surface area is 605 Å². The summed E-state index contributed by atoms with van der Waals surface area (Å²) in [5, 5.41) is 9.39. The molecule has 3 amide bonds. The third kappa shape index (κ3) is 21.3. The van der Waals surface area contributed by atoms with Crippen LogP contribution >= 0.6 is 0 Å². The normalized spacial score (nSPS) is 23.7. The average molecular weight is 1410 g/mol. The van der Waals surface area contributed by atoms with Gasteiger partial charge in [-0.25, -0.2) is 4.79 Å². The minimum atomic E-state index is -1.11. The van der Waals surface area contributed by atoms with E-state index in [4.69, 9.17) is 52.1 Å². The van der Waals surface area contributed by atoms with Gasteiger partial charge in [-0.2, -0.15) is 0 Å². The van der Waals surface area contributed by atoms with E-state index in [9.17, 15) is 14.4 Å². The Balaban J connectivity index is 0.845. The summed E-state index contributed by atoms with van der Waals surface area (Å²) < 4.78 is 76.8. The molecule has 4 N–H and O–H groups in total. The number of amides is 3. The Morgan fingerprint density at radius 2 is 0.683 bits per heavy atom. The van der Waals surface area contributed by atoms with Gasteiger partial charge in [-0.3, -0.25) is 28.7 Å². The van der Waals surface area contributed by atoms with Crippen molar-refractivity contribution in [2.24, 2.45) is 0 Å². The Morgan fingerprint density at radius 1 is 0.365 bits per heavy atom. The molecule has 21 heteroatoms. The van der Waals surface area contributed by atoms with Crippen LogP contribution in [-0.4, -0.2) is 126 Å². The molecule has 1 aromatic heterocycles. The van der Waals surface area contributed by atoms with Crippen molar-refractivity contribution >= 4 is 17.7 Å². The van der Waals surface area contributed by atoms with E-state index in [0.717, 1.165) is 44.5 Å². The molecule has 12 rings (SSSR count). The number of ether oxygens (including phenoxy) is 11. The Hall–Kier alpha value is -9.59. The first kappa shape index (κ1) is 74.1. The van der Waals surface area contributed by atoms with Gasteiger partial charge in [-0.1, -0.05) is 243 Å². The number of hydrogen-bond donors (Lipinski definition) is 4. The van der Waals surface area contributed by atoms with Crippen LogP contribution in [0.4, 0.5) is 0 Å². The number of carbonyl (C=O) groups excluding carboxylic acids is 3. The largest absolute Gasteiger partial charge is 0.374 e. The number of aromatic amines is 1. The van der Waals surface area contributed by atoms with Gasteiger partial charge >= 0.3 is 5.69 Å². The molecular formula is C83H89N5O16. The molecule has 3 aliphatic rings. The van der Waals surface area contributed by atoms with Crippen molar-refractivity contribution in [1.82, 2.24) is 25.5 Å². The molecule has 0 unspecified atom stereocenters. The van der Waals surface area contributed by atoms with E-state index < -0.39 is 109 Å². The van der Waals surface area contributed by atoms with Crippen LogP contribution in [-0.2, 0) is 119 Å². The second kappa shape index (κ2) is 38.3. The number of carbonyl (C=O) groups is 3. The Kier molecular flexibility index (Phi) is 27.3. The van der Waals surface area contributed by atoms with Crippen LogP contribution in [0.15, 0.2) is 265 Å². The zero-order valence-corrected chi connectivity index (χ0v) is 58.0.